The van der Waals surface area contributed by atoms with E-state index in [1.807, 2.05) is 0 Å². The number of hydrogen-bond acceptors (Lipinski definition) is 7. The molecule has 0 aromatic rings. The summed E-state index contributed by atoms with van der Waals surface area (Å²) in [4.78, 5) is 59.4. The van der Waals surface area contributed by atoms with E-state index in [1.165, 1.54) is 0 Å². The van der Waals surface area contributed by atoms with E-state index in [2.05, 4.69) is 16.0 Å². The molecule has 12 heteroatoms. The lowest BCUT2D eigenvalue weighted by molar-refractivity contribution is -0.144. The van der Waals surface area contributed by atoms with Gasteiger partial charge in [-0.1, -0.05) is 40.5 Å². The molecule has 6 atom stereocenters. The first-order chi connectivity index (χ1) is 14.4. The Morgan fingerprint density at radius 2 is 1.29 bits per heavy atom. The fraction of sp³-hybridized carbons (Fsp3) is 0.737. The van der Waals surface area contributed by atoms with Crippen LogP contribution in [0.15, 0.2) is 0 Å². The normalized spacial score (nSPS) is 16.7. The summed E-state index contributed by atoms with van der Waals surface area (Å²) >= 11 is 0. The van der Waals surface area contributed by atoms with E-state index in [9.17, 15) is 34.2 Å². The van der Waals surface area contributed by atoms with Crippen LogP contribution in [0.2, 0.25) is 0 Å². The van der Waals surface area contributed by atoms with Gasteiger partial charge in [0.2, 0.25) is 17.7 Å². The van der Waals surface area contributed by atoms with Crippen molar-refractivity contribution >= 4 is 29.7 Å². The van der Waals surface area contributed by atoms with Crippen molar-refractivity contribution in [3.8, 4) is 0 Å². The van der Waals surface area contributed by atoms with Crippen molar-refractivity contribution in [3.05, 3.63) is 0 Å². The van der Waals surface area contributed by atoms with Gasteiger partial charge in [0, 0.05) is 0 Å². The minimum atomic E-state index is -1.48. The van der Waals surface area contributed by atoms with Gasteiger partial charge in [-0.05, 0) is 11.8 Å². The lowest BCUT2D eigenvalue weighted by Gasteiger charge is -2.28. The largest absolute Gasteiger partial charge is 0.481 e. The molecule has 0 bridgehead atoms. The zero-order chi connectivity index (χ0) is 24.3. The number of carbonyl (C=O) groups is 5. The molecule has 0 aromatic heterocycles. The third kappa shape index (κ3) is 9.30. The van der Waals surface area contributed by atoms with Crippen molar-refractivity contribution < 1.29 is 39.3 Å². The Labute approximate surface area is 180 Å². The molecule has 0 saturated heterocycles. The van der Waals surface area contributed by atoms with Crippen LogP contribution in [-0.2, 0) is 24.0 Å². The molecular weight excluding hydrogens is 412 g/mol. The van der Waals surface area contributed by atoms with Crippen molar-refractivity contribution in [3.63, 3.8) is 0 Å². The van der Waals surface area contributed by atoms with E-state index in [4.69, 9.17) is 10.8 Å². The molecule has 178 valence electrons. The number of carboxylic acids is 2. The van der Waals surface area contributed by atoms with Gasteiger partial charge in [0.05, 0.1) is 19.1 Å². The van der Waals surface area contributed by atoms with Crippen LogP contribution in [0.4, 0.5) is 0 Å². The summed E-state index contributed by atoms with van der Waals surface area (Å²) in [7, 11) is 0. The zero-order valence-corrected chi connectivity index (χ0v) is 18.3. The molecule has 0 spiro atoms. The second-order valence-electron chi connectivity index (χ2n) is 7.53. The average molecular weight is 447 g/mol. The maximum atomic E-state index is 12.8. The third-order valence-corrected chi connectivity index (χ3v) is 5.12. The molecule has 0 heterocycles. The van der Waals surface area contributed by atoms with Gasteiger partial charge in [-0.3, -0.25) is 19.2 Å². The van der Waals surface area contributed by atoms with Gasteiger partial charge in [0.25, 0.3) is 0 Å². The van der Waals surface area contributed by atoms with Gasteiger partial charge >= 0.3 is 11.9 Å². The minimum Gasteiger partial charge on any atom is -0.481 e. The summed E-state index contributed by atoms with van der Waals surface area (Å²) in [6, 6.07) is -5.18. The second-order valence-corrected chi connectivity index (χ2v) is 7.53. The Kier molecular flexibility index (Phi) is 12.4. The average Bonchev–Trinajstić information content (AvgIpc) is 2.71. The molecule has 0 saturated carbocycles. The van der Waals surface area contributed by atoms with E-state index in [-0.39, 0.29) is 11.8 Å². The number of aliphatic carboxylic acids is 2. The van der Waals surface area contributed by atoms with E-state index in [1.54, 1.807) is 27.7 Å². The highest BCUT2D eigenvalue weighted by Gasteiger charge is 2.34. The van der Waals surface area contributed by atoms with Crippen molar-refractivity contribution in [1.82, 2.24) is 16.0 Å². The molecule has 0 aliphatic rings. The molecule has 0 radical (unpaired) electrons. The highest BCUT2D eigenvalue weighted by molar-refractivity contribution is 5.94. The van der Waals surface area contributed by atoms with Crippen molar-refractivity contribution in [1.29, 1.82) is 0 Å². The highest BCUT2D eigenvalue weighted by atomic mass is 16.4. The van der Waals surface area contributed by atoms with E-state index >= 15 is 0 Å². The van der Waals surface area contributed by atoms with E-state index in [0.29, 0.717) is 12.8 Å². The van der Waals surface area contributed by atoms with Crippen LogP contribution >= 0.6 is 0 Å². The van der Waals surface area contributed by atoms with Crippen molar-refractivity contribution in [2.24, 2.45) is 17.6 Å². The molecule has 0 aliphatic carbocycles. The standard InChI is InChI=1S/C19H34N4O8/c1-5-9(3)14(18(29)23-15(19(30)31)10(4)6-2)22-17(28)12(8-24)21-16(27)11(20)7-13(25)26/h9-12,14-15,24H,5-8,20H2,1-4H3,(H,21,27)(H,22,28)(H,23,29)(H,25,26)(H,30,31)/t9-,10-,11-,12-,14-,15-/m0/s1. The molecule has 0 rings (SSSR count). The maximum Gasteiger partial charge on any atom is 0.326 e. The predicted octanol–water partition coefficient (Wildman–Crippen LogP) is -1.59. The summed E-state index contributed by atoms with van der Waals surface area (Å²) < 4.78 is 0. The molecular formula is C19H34N4O8. The van der Waals surface area contributed by atoms with Crippen LogP contribution in [0.25, 0.3) is 0 Å². The fourth-order valence-corrected chi connectivity index (χ4v) is 2.64. The molecule has 12 nitrogen and oxygen atoms in total. The number of aliphatic hydroxyl groups excluding tert-OH is 1. The lowest BCUT2D eigenvalue weighted by atomic mass is 9.95. The van der Waals surface area contributed by atoms with Gasteiger partial charge < -0.3 is 37.0 Å². The summed E-state index contributed by atoms with van der Waals surface area (Å²) in [5.74, 6) is -5.81. The molecule has 0 fully saturated rings. The SMILES string of the molecule is CC[C@H](C)[C@H](NC(=O)[C@@H](NC(=O)[C@H](CO)NC(=O)[C@@H](N)CC(=O)O)[C@@H](C)CC)C(=O)O. The lowest BCUT2D eigenvalue weighted by Crippen LogP contribution is -2.60. The monoisotopic (exact) mass is 446 g/mol. The summed E-state index contributed by atoms with van der Waals surface area (Å²) in [5.41, 5.74) is 5.44. The fourth-order valence-electron chi connectivity index (χ4n) is 2.64. The second kappa shape index (κ2) is 13.5. The first-order valence-corrected chi connectivity index (χ1v) is 10.1. The summed E-state index contributed by atoms with van der Waals surface area (Å²) in [6.45, 7) is 6.09. The number of amides is 3. The quantitative estimate of drug-likeness (QED) is 0.164. The van der Waals surface area contributed by atoms with E-state index in [0.717, 1.165) is 0 Å². The molecule has 8 N–H and O–H groups in total. The summed E-state index contributed by atoms with van der Waals surface area (Å²) in [5, 5.41) is 34.6. The predicted molar refractivity (Wildman–Crippen MR) is 110 cm³/mol. The van der Waals surface area contributed by atoms with Gasteiger partial charge in [0.1, 0.15) is 18.1 Å². The van der Waals surface area contributed by atoms with Crippen LogP contribution < -0.4 is 21.7 Å². The summed E-state index contributed by atoms with van der Waals surface area (Å²) in [6.07, 6.45) is 0.307. The van der Waals surface area contributed by atoms with Gasteiger partial charge in [-0.15, -0.1) is 0 Å². The molecule has 0 aliphatic heterocycles. The van der Waals surface area contributed by atoms with Crippen LogP contribution in [0, 0.1) is 11.8 Å². The smallest absolute Gasteiger partial charge is 0.326 e. The molecule has 3 amide bonds. The molecule has 31 heavy (non-hydrogen) atoms. The van der Waals surface area contributed by atoms with Crippen molar-refractivity contribution in [2.75, 3.05) is 6.61 Å². The third-order valence-electron chi connectivity index (χ3n) is 5.12. The zero-order valence-electron chi connectivity index (χ0n) is 18.3. The van der Waals surface area contributed by atoms with Gasteiger partial charge in [0.15, 0.2) is 0 Å². The maximum absolute atomic E-state index is 12.8. The number of carbonyl (C=O) groups excluding carboxylic acids is 3. The Bertz CT molecular complexity index is 657. The van der Waals surface area contributed by atoms with Crippen molar-refractivity contribution in [2.45, 2.75) is 71.1 Å². The first kappa shape index (κ1) is 28.3. The number of nitrogens with one attached hydrogen (secondary N) is 3. The number of carboxylic acid groups (broad SMARTS) is 2. The number of rotatable bonds is 14. The topological polar surface area (TPSA) is 208 Å². The Hall–Kier alpha value is -2.73. The Balaban J connectivity index is 5.37. The first-order valence-electron chi connectivity index (χ1n) is 10.1. The minimum absolute atomic E-state index is 0.352. The highest BCUT2D eigenvalue weighted by Crippen LogP contribution is 2.12. The van der Waals surface area contributed by atoms with Gasteiger partial charge in [-0.25, -0.2) is 4.79 Å². The van der Waals surface area contributed by atoms with Crippen LogP contribution in [0.5, 0.6) is 0 Å². The number of aliphatic hydroxyl groups is 1. The molecule has 0 aromatic carbocycles. The number of hydrogen-bond donors (Lipinski definition) is 7. The Morgan fingerprint density at radius 3 is 1.71 bits per heavy atom. The van der Waals surface area contributed by atoms with Crippen LogP contribution in [-0.4, -0.2) is 75.8 Å². The van der Waals surface area contributed by atoms with Gasteiger partial charge in [-0.2, -0.15) is 0 Å². The molecule has 0 unspecified atom stereocenters. The van der Waals surface area contributed by atoms with E-state index < -0.39 is 66.9 Å². The van der Waals surface area contributed by atoms with Crippen LogP contribution in [0.3, 0.4) is 0 Å². The number of nitrogens with two attached hydrogens (primary N) is 1. The van der Waals surface area contributed by atoms with Crippen LogP contribution in [0.1, 0.15) is 47.0 Å². The Morgan fingerprint density at radius 1 is 0.806 bits per heavy atom.